The topological polar surface area (TPSA) is 110 Å². The van der Waals surface area contributed by atoms with Crippen LogP contribution < -0.4 is 14.8 Å². The number of aryl methyl sites for hydroxylation is 1. The first-order valence-corrected chi connectivity index (χ1v) is 10.7. The molecule has 10 heteroatoms. The molecular formula is C22H18FN5O3S. The number of hydrogen-bond acceptors (Lipinski definition) is 8. The highest BCUT2D eigenvalue weighted by Crippen LogP contribution is 2.85. The van der Waals surface area contributed by atoms with Crippen molar-refractivity contribution in [2.45, 2.75) is 19.8 Å². The van der Waals surface area contributed by atoms with E-state index in [0.717, 1.165) is 24.2 Å². The van der Waals surface area contributed by atoms with Crippen LogP contribution in [0.2, 0.25) is 0 Å². The van der Waals surface area contributed by atoms with E-state index in [1.807, 2.05) is 0 Å². The summed E-state index contributed by atoms with van der Waals surface area (Å²) in [5, 5.41) is 20.3. The molecule has 1 N–H and O–H groups in total. The number of ether oxygens (including phenoxy) is 2. The smallest absolute Gasteiger partial charge is 0.295 e. The summed E-state index contributed by atoms with van der Waals surface area (Å²) >= 11 is 1.09. The third-order valence-electron chi connectivity index (χ3n) is 6.11. The standard InChI is InChI=1S/C22H18FN5O3S/c1-12-6-13(17-15(23)4-3-5-16(17)30-2)14(7-25-12)18(29)26-19-27-28-20(32-19)31-11-22-8-21(22,9-22)10-24/h3-7H,8-9,11H2,1-2H3,(H,26,27,29). The van der Waals surface area contributed by atoms with Crippen molar-refractivity contribution in [2.75, 3.05) is 19.0 Å². The zero-order chi connectivity index (χ0) is 22.5. The van der Waals surface area contributed by atoms with Crippen molar-refractivity contribution in [3.63, 3.8) is 0 Å². The molecule has 2 aromatic heterocycles. The van der Waals surface area contributed by atoms with Crippen molar-refractivity contribution < 1.29 is 18.7 Å². The molecule has 5 rings (SSSR count). The molecule has 2 saturated carbocycles. The zero-order valence-corrected chi connectivity index (χ0v) is 18.1. The molecule has 1 aromatic carbocycles. The van der Waals surface area contributed by atoms with Crippen molar-refractivity contribution in [1.82, 2.24) is 15.2 Å². The number of pyridine rings is 1. The van der Waals surface area contributed by atoms with Crippen LogP contribution in [-0.2, 0) is 0 Å². The highest BCUT2D eigenvalue weighted by Gasteiger charge is 2.84. The SMILES string of the molecule is COc1cccc(F)c1-c1cc(C)ncc1C(=O)Nc1nnc(OCC23CC2(C#N)C3)s1. The molecule has 1 amide bonds. The quantitative estimate of drug-likeness (QED) is 0.578. The van der Waals surface area contributed by atoms with E-state index in [1.165, 1.54) is 25.4 Å². The molecule has 0 saturated heterocycles. The van der Waals surface area contributed by atoms with Gasteiger partial charge in [-0.15, -0.1) is 5.10 Å². The average molecular weight is 451 g/mol. The third-order valence-corrected chi connectivity index (χ3v) is 6.86. The second-order valence-corrected chi connectivity index (χ2v) is 9.07. The number of nitriles is 1. The van der Waals surface area contributed by atoms with Gasteiger partial charge in [0, 0.05) is 22.9 Å². The molecule has 0 aliphatic heterocycles. The fourth-order valence-electron chi connectivity index (χ4n) is 4.02. The van der Waals surface area contributed by atoms with E-state index in [1.54, 1.807) is 19.1 Å². The predicted octanol–water partition coefficient (Wildman–Crippen LogP) is 3.99. The summed E-state index contributed by atoms with van der Waals surface area (Å²) in [4.78, 5) is 17.2. The Morgan fingerprint density at radius 2 is 2.19 bits per heavy atom. The zero-order valence-electron chi connectivity index (χ0n) is 17.3. The molecule has 162 valence electrons. The van der Waals surface area contributed by atoms with Gasteiger partial charge in [0.05, 0.1) is 36.3 Å². The van der Waals surface area contributed by atoms with Gasteiger partial charge in [0.15, 0.2) is 0 Å². The Balaban J connectivity index is 1.35. The van der Waals surface area contributed by atoms with Gasteiger partial charge in [-0.1, -0.05) is 11.2 Å². The van der Waals surface area contributed by atoms with Crippen molar-refractivity contribution >= 4 is 22.4 Å². The lowest BCUT2D eigenvalue weighted by Gasteiger charge is -2.14. The maximum atomic E-state index is 14.7. The molecule has 0 spiro atoms. The van der Waals surface area contributed by atoms with Gasteiger partial charge < -0.3 is 9.47 Å². The minimum Gasteiger partial charge on any atom is -0.496 e. The Morgan fingerprint density at radius 3 is 2.91 bits per heavy atom. The fourth-order valence-corrected chi connectivity index (χ4v) is 4.61. The Labute approximate surface area is 187 Å². The molecule has 8 nitrogen and oxygen atoms in total. The van der Waals surface area contributed by atoms with E-state index in [4.69, 9.17) is 14.7 Å². The fraction of sp³-hybridized carbons (Fsp3) is 0.318. The number of methoxy groups -OCH3 is 1. The van der Waals surface area contributed by atoms with E-state index >= 15 is 0 Å². The molecule has 2 fully saturated rings. The van der Waals surface area contributed by atoms with Crippen LogP contribution in [0.3, 0.4) is 0 Å². The number of anilines is 1. The number of fused-ring (bicyclic) bond motifs is 1. The minimum absolute atomic E-state index is 0.0296. The summed E-state index contributed by atoms with van der Waals surface area (Å²) in [7, 11) is 1.44. The van der Waals surface area contributed by atoms with Gasteiger partial charge >= 0.3 is 0 Å². The monoisotopic (exact) mass is 451 g/mol. The Hall–Kier alpha value is -3.58. The van der Waals surface area contributed by atoms with Crippen LogP contribution in [0.5, 0.6) is 10.9 Å². The van der Waals surface area contributed by atoms with Gasteiger partial charge in [-0.05, 0) is 49.3 Å². The van der Waals surface area contributed by atoms with E-state index in [2.05, 4.69) is 26.6 Å². The number of carbonyl (C=O) groups is 1. The molecule has 0 atom stereocenters. The van der Waals surface area contributed by atoms with Gasteiger partial charge in [0.1, 0.15) is 11.6 Å². The van der Waals surface area contributed by atoms with Crippen molar-refractivity contribution in [2.24, 2.45) is 10.8 Å². The van der Waals surface area contributed by atoms with E-state index in [9.17, 15) is 9.18 Å². The normalized spacial score (nSPS) is 22.4. The van der Waals surface area contributed by atoms with Crippen LogP contribution in [-0.4, -0.2) is 34.8 Å². The maximum absolute atomic E-state index is 14.7. The first-order chi connectivity index (χ1) is 15.4. The van der Waals surface area contributed by atoms with Crippen LogP contribution in [0.25, 0.3) is 11.1 Å². The highest BCUT2D eigenvalue weighted by molar-refractivity contribution is 7.17. The number of amides is 1. The molecule has 2 heterocycles. The Morgan fingerprint density at radius 1 is 1.38 bits per heavy atom. The summed E-state index contributed by atoms with van der Waals surface area (Å²) in [6, 6.07) is 8.45. The number of halogens is 1. The number of nitrogens with zero attached hydrogens (tertiary/aromatic N) is 4. The molecule has 0 bridgehead atoms. The molecule has 2 aliphatic rings. The van der Waals surface area contributed by atoms with Crippen LogP contribution in [0.15, 0.2) is 30.5 Å². The van der Waals surface area contributed by atoms with Crippen LogP contribution >= 0.6 is 11.3 Å². The minimum atomic E-state index is -0.511. The van der Waals surface area contributed by atoms with Gasteiger partial charge in [-0.3, -0.25) is 15.1 Å². The number of carbonyl (C=O) groups excluding carboxylic acids is 1. The molecule has 0 unspecified atom stereocenters. The van der Waals surface area contributed by atoms with Crippen molar-refractivity contribution in [3.05, 3.63) is 47.5 Å². The summed E-state index contributed by atoms with van der Waals surface area (Å²) in [5.41, 5.74) is 1.11. The lowest BCUT2D eigenvalue weighted by Crippen LogP contribution is -2.14. The summed E-state index contributed by atoms with van der Waals surface area (Å²) in [6.07, 6.45) is 3.12. The van der Waals surface area contributed by atoms with Crippen molar-refractivity contribution in [3.8, 4) is 28.1 Å². The number of hydrogen-bond donors (Lipinski definition) is 1. The summed E-state index contributed by atoms with van der Waals surface area (Å²) in [5.74, 6) is -0.709. The molecule has 0 radical (unpaired) electrons. The average Bonchev–Trinajstić information content (AvgIpc) is 3.52. The molecule has 2 aliphatic carbocycles. The van der Waals surface area contributed by atoms with Gasteiger partial charge in [0.2, 0.25) is 5.13 Å². The number of rotatable bonds is 7. The van der Waals surface area contributed by atoms with Gasteiger partial charge in [0.25, 0.3) is 11.1 Å². The Kier molecular flexibility index (Phi) is 4.60. The highest BCUT2D eigenvalue weighted by atomic mass is 32.1. The van der Waals surface area contributed by atoms with E-state index in [-0.39, 0.29) is 27.1 Å². The van der Waals surface area contributed by atoms with Gasteiger partial charge in [-0.25, -0.2) is 4.39 Å². The predicted molar refractivity (Wildman–Crippen MR) is 114 cm³/mol. The molecule has 3 aromatic rings. The van der Waals surface area contributed by atoms with Crippen LogP contribution in [0.4, 0.5) is 9.52 Å². The Bertz CT molecular complexity index is 1280. The van der Waals surface area contributed by atoms with E-state index < -0.39 is 11.7 Å². The second-order valence-electron chi connectivity index (χ2n) is 8.13. The number of nitrogens with one attached hydrogen (secondary N) is 1. The maximum Gasteiger partial charge on any atom is 0.295 e. The first-order valence-electron chi connectivity index (χ1n) is 9.89. The second kappa shape index (κ2) is 7.24. The summed E-state index contributed by atoms with van der Waals surface area (Å²) < 4.78 is 25.7. The third kappa shape index (κ3) is 3.26. The first kappa shape index (κ1) is 20.3. The van der Waals surface area contributed by atoms with Crippen molar-refractivity contribution in [1.29, 1.82) is 5.26 Å². The number of aromatic nitrogens is 3. The van der Waals surface area contributed by atoms with Crippen LogP contribution in [0, 0.1) is 34.9 Å². The lowest BCUT2D eigenvalue weighted by molar-refractivity contribution is 0.102. The van der Waals surface area contributed by atoms with Gasteiger partial charge in [-0.2, -0.15) is 5.26 Å². The van der Waals surface area contributed by atoms with Crippen LogP contribution in [0.1, 0.15) is 28.9 Å². The molecule has 32 heavy (non-hydrogen) atoms. The largest absolute Gasteiger partial charge is 0.496 e. The summed E-state index contributed by atoms with van der Waals surface area (Å²) in [6.45, 7) is 2.18. The molecular weight excluding hydrogens is 433 g/mol. The lowest BCUT2D eigenvalue weighted by atomic mass is 9.98. The number of benzene rings is 1. The van der Waals surface area contributed by atoms with E-state index in [0.29, 0.717) is 28.8 Å².